The maximum Gasteiger partial charge on any atom is 0.227 e. The molecule has 0 aliphatic carbocycles. The van der Waals surface area contributed by atoms with E-state index in [1.54, 1.807) is 35.0 Å². The summed E-state index contributed by atoms with van der Waals surface area (Å²) in [6.45, 7) is 3.76. The number of halogens is 1. The Kier molecular flexibility index (Phi) is 2.67. The molecule has 96 valence electrons. The van der Waals surface area contributed by atoms with Crippen LogP contribution in [0.3, 0.4) is 0 Å². The molecule has 0 bridgehead atoms. The lowest BCUT2D eigenvalue weighted by Gasteiger charge is -2.12. The van der Waals surface area contributed by atoms with Crippen LogP contribution in [-0.2, 0) is 0 Å². The standard InChI is InChI=1S/C14H12FN3O/c1-9-10(2)17-13-7-8-16-18(13)14(9)19-12-6-4-3-5-11(12)15/h3-8H,1-2H3. The summed E-state index contributed by atoms with van der Waals surface area (Å²) in [6, 6.07) is 8.07. The zero-order valence-corrected chi connectivity index (χ0v) is 10.6. The molecule has 3 rings (SSSR count). The zero-order chi connectivity index (χ0) is 13.4. The van der Waals surface area contributed by atoms with Crippen molar-refractivity contribution in [2.75, 3.05) is 0 Å². The fourth-order valence-electron chi connectivity index (χ4n) is 1.86. The van der Waals surface area contributed by atoms with E-state index in [-0.39, 0.29) is 5.75 Å². The highest BCUT2D eigenvalue weighted by atomic mass is 19.1. The number of nitrogens with zero attached hydrogens (tertiary/aromatic N) is 3. The minimum Gasteiger partial charge on any atom is -0.435 e. The minimum absolute atomic E-state index is 0.174. The number of benzene rings is 1. The molecule has 0 N–H and O–H groups in total. The van der Waals surface area contributed by atoms with E-state index in [1.807, 2.05) is 13.8 Å². The van der Waals surface area contributed by atoms with E-state index < -0.39 is 5.82 Å². The molecule has 0 aliphatic rings. The van der Waals surface area contributed by atoms with Gasteiger partial charge in [0.2, 0.25) is 5.88 Å². The molecule has 3 aromatic rings. The van der Waals surface area contributed by atoms with Gasteiger partial charge in [0.1, 0.15) is 0 Å². The minimum atomic E-state index is -0.406. The highest BCUT2D eigenvalue weighted by Crippen LogP contribution is 2.28. The second-order valence-electron chi connectivity index (χ2n) is 4.26. The first-order chi connectivity index (χ1) is 9.16. The third-order valence-electron chi connectivity index (χ3n) is 3.00. The van der Waals surface area contributed by atoms with Crippen molar-refractivity contribution in [1.82, 2.24) is 14.6 Å². The van der Waals surface area contributed by atoms with E-state index in [4.69, 9.17) is 4.74 Å². The predicted octanol–water partition coefficient (Wildman–Crippen LogP) is 3.28. The molecule has 19 heavy (non-hydrogen) atoms. The topological polar surface area (TPSA) is 39.4 Å². The van der Waals surface area contributed by atoms with Gasteiger partial charge in [-0.3, -0.25) is 0 Å². The Labute approximate surface area is 109 Å². The van der Waals surface area contributed by atoms with Gasteiger partial charge in [0.05, 0.1) is 6.20 Å². The van der Waals surface area contributed by atoms with Crippen molar-refractivity contribution in [1.29, 1.82) is 0 Å². The summed E-state index contributed by atoms with van der Waals surface area (Å²) >= 11 is 0. The van der Waals surface area contributed by atoms with Crippen LogP contribution in [0.25, 0.3) is 5.65 Å². The number of hydrogen-bond acceptors (Lipinski definition) is 3. The van der Waals surface area contributed by atoms with Crippen molar-refractivity contribution in [3.05, 3.63) is 53.6 Å². The quantitative estimate of drug-likeness (QED) is 0.707. The highest BCUT2D eigenvalue weighted by molar-refractivity contribution is 5.46. The molecule has 2 heterocycles. The monoisotopic (exact) mass is 257 g/mol. The third-order valence-corrected chi connectivity index (χ3v) is 3.00. The van der Waals surface area contributed by atoms with E-state index >= 15 is 0 Å². The lowest BCUT2D eigenvalue weighted by atomic mass is 10.2. The summed E-state index contributed by atoms with van der Waals surface area (Å²) < 4.78 is 20.9. The summed E-state index contributed by atoms with van der Waals surface area (Å²) in [6.07, 6.45) is 1.63. The Morgan fingerprint density at radius 2 is 1.95 bits per heavy atom. The van der Waals surface area contributed by atoms with Crippen molar-refractivity contribution in [3.63, 3.8) is 0 Å². The van der Waals surface area contributed by atoms with Crippen molar-refractivity contribution in [3.8, 4) is 11.6 Å². The highest BCUT2D eigenvalue weighted by Gasteiger charge is 2.13. The summed E-state index contributed by atoms with van der Waals surface area (Å²) in [7, 11) is 0. The van der Waals surface area contributed by atoms with E-state index in [0.717, 1.165) is 11.3 Å². The smallest absolute Gasteiger partial charge is 0.227 e. The van der Waals surface area contributed by atoms with Crippen LogP contribution in [0.5, 0.6) is 11.6 Å². The molecule has 0 spiro atoms. The van der Waals surface area contributed by atoms with Crippen LogP contribution in [-0.4, -0.2) is 14.6 Å². The second kappa shape index (κ2) is 4.35. The van der Waals surface area contributed by atoms with Gasteiger partial charge in [-0.05, 0) is 26.0 Å². The number of fused-ring (bicyclic) bond motifs is 1. The van der Waals surface area contributed by atoms with Crippen LogP contribution < -0.4 is 4.74 Å². The van der Waals surface area contributed by atoms with Crippen LogP contribution in [0, 0.1) is 19.7 Å². The molecule has 0 fully saturated rings. The van der Waals surface area contributed by atoms with Crippen molar-refractivity contribution in [2.24, 2.45) is 0 Å². The van der Waals surface area contributed by atoms with Crippen LogP contribution >= 0.6 is 0 Å². The van der Waals surface area contributed by atoms with Crippen LogP contribution in [0.1, 0.15) is 11.3 Å². The van der Waals surface area contributed by atoms with Gasteiger partial charge in [-0.2, -0.15) is 9.61 Å². The Bertz CT molecular complexity index is 752. The Morgan fingerprint density at radius 1 is 1.16 bits per heavy atom. The molecule has 0 radical (unpaired) electrons. The molecule has 1 aromatic carbocycles. The molecular weight excluding hydrogens is 245 g/mol. The maximum atomic E-state index is 13.7. The largest absolute Gasteiger partial charge is 0.435 e. The Balaban J connectivity index is 2.17. The fraction of sp³-hybridized carbons (Fsp3) is 0.143. The normalized spacial score (nSPS) is 10.9. The number of rotatable bonds is 2. The summed E-state index contributed by atoms with van der Waals surface area (Å²) in [5, 5.41) is 4.15. The summed E-state index contributed by atoms with van der Waals surface area (Å²) in [5.74, 6) is 0.252. The number of aryl methyl sites for hydroxylation is 1. The Hall–Kier alpha value is -2.43. The van der Waals surface area contributed by atoms with Gasteiger partial charge in [-0.15, -0.1) is 0 Å². The maximum absolute atomic E-state index is 13.7. The van der Waals surface area contributed by atoms with Crippen molar-refractivity contribution < 1.29 is 9.13 Å². The van der Waals surface area contributed by atoms with Gasteiger partial charge < -0.3 is 4.74 Å². The van der Waals surface area contributed by atoms with Gasteiger partial charge in [0, 0.05) is 17.3 Å². The molecule has 2 aromatic heterocycles. The predicted molar refractivity (Wildman–Crippen MR) is 68.9 cm³/mol. The summed E-state index contributed by atoms with van der Waals surface area (Å²) in [4.78, 5) is 4.39. The molecule has 0 amide bonds. The van der Waals surface area contributed by atoms with E-state index in [0.29, 0.717) is 11.5 Å². The molecular formula is C14H12FN3O. The first-order valence-corrected chi connectivity index (χ1v) is 5.90. The van der Waals surface area contributed by atoms with Crippen LogP contribution in [0.15, 0.2) is 36.5 Å². The average molecular weight is 257 g/mol. The van der Waals surface area contributed by atoms with E-state index in [1.165, 1.54) is 6.07 Å². The molecule has 0 atom stereocenters. The lowest BCUT2D eigenvalue weighted by Crippen LogP contribution is -2.03. The molecule has 0 saturated heterocycles. The second-order valence-corrected chi connectivity index (χ2v) is 4.26. The van der Waals surface area contributed by atoms with Crippen molar-refractivity contribution in [2.45, 2.75) is 13.8 Å². The summed E-state index contributed by atoms with van der Waals surface area (Å²) in [5.41, 5.74) is 2.34. The van der Waals surface area contributed by atoms with Crippen molar-refractivity contribution >= 4 is 5.65 Å². The SMILES string of the molecule is Cc1nc2ccnn2c(Oc2ccccc2F)c1C. The molecule has 0 unspecified atom stereocenters. The molecule has 5 heteroatoms. The molecule has 4 nitrogen and oxygen atoms in total. The number of aromatic nitrogens is 3. The Morgan fingerprint density at radius 3 is 2.74 bits per heavy atom. The van der Waals surface area contributed by atoms with Gasteiger partial charge in [0.25, 0.3) is 0 Å². The van der Waals surface area contributed by atoms with E-state index in [9.17, 15) is 4.39 Å². The molecule has 0 aliphatic heterocycles. The van der Waals surface area contributed by atoms with Gasteiger partial charge >= 0.3 is 0 Å². The first kappa shape index (κ1) is 11.6. The number of hydrogen-bond donors (Lipinski definition) is 0. The number of ether oxygens (including phenoxy) is 1. The average Bonchev–Trinajstić information content (AvgIpc) is 2.85. The third kappa shape index (κ3) is 1.93. The number of para-hydroxylation sites is 1. The van der Waals surface area contributed by atoms with Crippen LogP contribution in [0.2, 0.25) is 0 Å². The molecule has 0 saturated carbocycles. The van der Waals surface area contributed by atoms with Gasteiger partial charge in [0.15, 0.2) is 17.2 Å². The fourth-order valence-corrected chi connectivity index (χ4v) is 1.86. The first-order valence-electron chi connectivity index (χ1n) is 5.90. The van der Waals surface area contributed by atoms with E-state index in [2.05, 4.69) is 10.1 Å². The van der Waals surface area contributed by atoms with Crippen LogP contribution in [0.4, 0.5) is 4.39 Å². The van der Waals surface area contributed by atoms with Gasteiger partial charge in [-0.1, -0.05) is 12.1 Å². The zero-order valence-electron chi connectivity index (χ0n) is 10.6. The lowest BCUT2D eigenvalue weighted by molar-refractivity contribution is 0.411. The van der Waals surface area contributed by atoms with Gasteiger partial charge in [-0.25, -0.2) is 9.37 Å².